The van der Waals surface area contributed by atoms with E-state index in [0.29, 0.717) is 0 Å². The number of nitrogens with one attached hydrogen (secondary N) is 1. The normalized spacial score (nSPS) is 11.0. The average Bonchev–Trinajstić information content (AvgIpc) is 2.51. The maximum Gasteiger partial charge on any atom is 0.246 e. The molecule has 128 valence electrons. The fraction of sp³-hybridized carbons (Fsp3) is 0.214. The fourth-order valence-corrected chi connectivity index (χ4v) is 2.71. The highest BCUT2D eigenvalue weighted by Crippen LogP contribution is 2.18. The number of carbonyl (C=O) groups is 1. The van der Waals surface area contributed by atoms with Crippen molar-refractivity contribution < 1.29 is 22.3 Å². The van der Waals surface area contributed by atoms with Crippen molar-refractivity contribution in [3.05, 3.63) is 42.5 Å². The van der Waals surface area contributed by atoms with Gasteiger partial charge >= 0.3 is 0 Å². The van der Waals surface area contributed by atoms with Gasteiger partial charge in [0.2, 0.25) is 21.8 Å². The van der Waals surface area contributed by atoms with Gasteiger partial charge < -0.3 is 10.1 Å². The highest BCUT2D eigenvalue weighted by molar-refractivity contribution is 7.92. The van der Waals surface area contributed by atoms with Gasteiger partial charge in [-0.2, -0.15) is 0 Å². The number of methoxy groups -OCH3 is 1. The Balaban J connectivity index is 2.19. The number of ether oxygens (including phenoxy) is 1. The Morgan fingerprint density at radius 2 is 2.08 bits per heavy atom. The van der Waals surface area contributed by atoms with Crippen LogP contribution in [0.1, 0.15) is 0 Å². The van der Waals surface area contributed by atoms with Crippen LogP contribution in [-0.4, -0.2) is 44.2 Å². The van der Waals surface area contributed by atoms with Crippen LogP contribution in [0.4, 0.5) is 15.9 Å². The number of hydrogen-bond donors (Lipinski definition) is 1. The van der Waals surface area contributed by atoms with E-state index in [1.54, 1.807) is 0 Å². The van der Waals surface area contributed by atoms with Crippen LogP contribution < -0.4 is 14.4 Å². The maximum absolute atomic E-state index is 13.3. The van der Waals surface area contributed by atoms with Crippen LogP contribution in [0.25, 0.3) is 0 Å². The number of anilines is 2. The summed E-state index contributed by atoms with van der Waals surface area (Å²) in [6.07, 6.45) is 2.12. The molecule has 0 radical (unpaired) electrons. The van der Waals surface area contributed by atoms with E-state index in [0.717, 1.165) is 16.6 Å². The molecule has 0 saturated heterocycles. The van der Waals surface area contributed by atoms with E-state index in [9.17, 15) is 17.6 Å². The Kier molecular flexibility index (Phi) is 5.29. The Hall–Kier alpha value is -2.75. The monoisotopic (exact) mass is 354 g/mol. The third-order valence-corrected chi connectivity index (χ3v) is 4.04. The molecule has 1 amide bonds. The van der Waals surface area contributed by atoms with Crippen molar-refractivity contribution >= 4 is 27.4 Å². The molecule has 0 saturated carbocycles. The summed E-state index contributed by atoms with van der Waals surface area (Å²) in [4.78, 5) is 19.7. The zero-order chi connectivity index (χ0) is 17.7. The molecule has 0 unspecified atom stereocenters. The van der Waals surface area contributed by atoms with Crippen molar-refractivity contribution in [3.63, 3.8) is 0 Å². The van der Waals surface area contributed by atoms with E-state index in [4.69, 9.17) is 4.74 Å². The summed E-state index contributed by atoms with van der Waals surface area (Å²) in [5.74, 6) is -0.863. The SMILES string of the molecule is COc1cc(NC(=O)CN(c2cccc(F)c2)S(C)(=O)=O)ncn1. The number of aromatic nitrogens is 2. The minimum absolute atomic E-state index is 0.0490. The van der Waals surface area contributed by atoms with Crippen LogP contribution >= 0.6 is 0 Å². The number of nitrogens with zero attached hydrogens (tertiary/aromatic N) is 3. The molecule has 0 aliphatic heterocycles. The van der Waals surface area contributed by atoms with Gasteiger partial charge in [-0.25, -0.2) is 22.8 Å². The summed E-state index contributed by atoms with van der Waals surface area (Å²) in [6.45, 7) is -0.533. The summed E-state index contributed by atoms with van der Waals surface area (Å²) in [6, 6.07) is 6.34. The van der Waals surface area contributed by atoms with E-state index < -0.39 is 28.3 Å². The Morgan fingerprint density at radius 3 is 2.71 bits per heavy atom. The first-order valence-corrected chi connectivity index (χ1v) is 8.53. The van der Waals surface area contributed by atoms with Crippen LogP contribution in [-0.2, 0) is 14.8 Å². The first-order chi connectivity index (χ1) is 11.3. The average molecular weight is 354 g/mol. The maximum atomic E-state index is 13.3. The summed E-state index contributed by atoms with van der Waals surface area (Å²) in [5, 5.41) is 2.43. The van der Waals surface area contributed by atoms with Gasteiger partial charge in [-0.1, -0.05) is 6.07 Å². The summed E-state index contributed by atoms with van der Waals surface area (Å²) < 4.78 is 42.8. The molecule has 8 nitrogen and oxygen atoms in total. The van der Waals surface area contributed by atoms with Gasteiger partial charge in [-0.05, 0) is 18.2 Å². The third kappa shape index (κ3) is 4.62. The zero-order valence-corrected chi connectivity index (χ0v) is 13.7. The summed E-state index contributed by atoms with van der Waals surface area (Å²) >= 11 is 0. The van der Waals surface area contributed by atoms with Crippen molar-refractivity contribution in [3.8, 4) is 5.88 Å². The number of hydrogen-bond acceptors (Lipinski definition) is 6. The second kappa shape index (κ2) is 7.21. The van der Waals surface area contributed by atoms with Gasteiger partial charge in [0, 0.05) is 6.07 Å². The standard InChI is InChI=1S/C14H15FN4O4S/c1-23-14-7-12(16-9-17-14)18-13(20)8-19(24(2,21)22)11-5-3-4-10(15)6-11/h3-7,9H,8H2,1-2H3,(H,16,17,18,20). The van der Waals surface area contributed by atoms with Crippen molar-refractivity contribution in [2.75, 3.05) is 29.5 Å². The molecular formula is C14H15FN4O4S. The van der Waals surface area contributed by atoms with Crippen LogP contribution in [0.2, 0.25) is 0 Å². The lowest BCUT2D eigenvalue weighted by Crippen LogP contribution is -2.37. The smallest absolute Gasteiger partial charge is 0.246 e. The van der Waals surface area contributed by atoms with Gasteiger partial charge in [0.05, 0.1) is 19.1 Å². The molecule has 24 heavy (non-hydrogen) atoms. The van der Waals surface area contributed by atoms with Gasteiger partial charge in [0.1, 0.15) is 24.5 Å². The van der Waals surface area contributed by atoms with Gasteiger partial charge in [-0.3, -0.25) is 9.10 Å². The third-order valence-electron chi connectivity index (χ3n) is 2.90. The zero-order valence-electron chi connectivity index (χ0n) is 12.9. The topological polar surface area (TPSA) is 101 Å². The second-order valence-electron chi connectivity index (χ2n) is 4.74. The van der Waals surface area contributed by atoms with Gasteiger partial charge in [-0.15, -0.1) is 0 Å². The number of halogens is 1. The van der Waals surface area contributed by atoms with E-state index in [2.05, 4.69) is 15.3 Å². The van der Waals surface area contributed by atoms with Crippen molar-refractivity contribution in [2.24, 2.45) is 0 Å². The molecule has 0 bridgehead atoms. The molecule has 0 aliphatic carbocycles. The number of amides is 1. The van der Waals surface area contributed by atoms with Crippen molar-refractivity contribution in [1.82, 2.24) is 9.97 Å². The minimum Gasteiger partial charge on any atom is -0.481 e. The summed E-state index contributed by atoms with van der Waals surface area (Å²) in [7, 11) is -2.38. The van der Waals surface area contributed by atoms with E-state index >= 15 is 0 Å². The first kappa shape index (κ1) is 17.6. The predicted octanol–water partition coefficient (Wildman–Crippen LogP) is 1.03. The lowest BCUT2D eigenvalue weighted by Gasteiger charge is -2.21. The molecule has 0 aliphatic rings. The predicted molar refractivity (Wildman–Crippen MR) is 85.8 cm³/mol. The molecule has 0 atom stereocenters. The number of benzene rings is 1. The van der Waals surface area contributed by atoms with E-state index in [-0.39, 0.29) is 17.4 Å². The molecule has 1 aromatic carbocycles. The van der Waals surface area contributed by atoms with Crippen LogP contribution in [0, 0.1) is 5.82 Å². The molecule has 2 rings (SSSR count). The Bertz CT molecular complexity index is 844. The first-order valence-electron chi connectivity index (χ1n) is 6.69. The lowest BCUT2D eigenvalue weighted by atomic mass is 10.3. The highest BCUT2D eigenvalue weighted by atomic mass is 32.2. The highest BCUT2D eigenvalue weighted by Gasteiger charge is 2.21. The molecule has 1 heterocycles. The molecule has 1 aromatic heterocycles. The quantitative estimate of drug-likeness (QED) is 0.831. The molecule has 0 fully saturated rings. The lowest BCUT2D eigenvalue weighted by molar-refractivity contribution is -0.114. The molecular weight excluding hydrogens is 339 g/mol. The van der Waals surface area contributed by atoms with Crippen molar-refractivity contribution in [2.45, 2.75) is 0 Å². The largest absolute Gasteiger partial charge is 0.481 e. The molecule has 1 N–H and O–H groups in total. The van der Waals surface area contributed by atoms with Gasteiger partial charge in [0.25, 0.3) is 0 Å². The van der Waals surface area contributed by atoms with E-state index in [1.807, 2.05) is 0 Å². The number of rotatable bonds is 6. The van der Waals surface area contributed by atoms with Crippen molar-refractivity contribution in [1.29, 1.82) is 0 Å². The van der Waals surface area contributed by atoms with E-state index in [1.165, 1.54) is 37.7 Å². The van der Waals surface area contributed by atoms with Crippen LogP contribution in [0.3, 0.4) is 0 Å². The Morgan fingerprint density at radius 1 is 1.33 bits per heavy atom. The minimum atomic E-state index is -3.79. The fourth-order valence-electron chi connectivity index (χ4n) is 1.86. The molecule has 0 spiro atoms. The summed E-state index contributed by atoms with van der Waals surface area (Å²) in [5.41, 5.74) is 0.0490. The second-order valence-corrected chi connectivity index (χ2v) is 6.65. The molecule has 10 heteroatoms. The van der Waals surface area contributed by atoms with Crippen LogP contribution in [0.5, 0.6) is 5.88 Å². The van der Waals surface area contributed by atoms with Gasteiger partial charge in [0.15, 0.2) is 0 Å². The van der Waals surface area contributed by atoms with Crippen LogP contribution in [0.15, 0.2) is 36.7 Å². The Labute approximate surface area is 138 Å². The number of sulfonamides is 1. The molecule has 2 aromatic rings. The number of carbonyl (C=O) groups excluding carboxylic acids is 1.